The van der Waals surface area contributed by atoms with E-state index in [1.54, 1.807) is 0 Å². The second-order valence-corrected chi connectivity index (χ2v) is 17.1. The van der Waals surface area contributed by atoms with Crippen molar-refractivity contribution in [3.8, 4) is 44.5 Å². The molecule has 0 aliphatic heterocycles. The minimum absolute atomic E-state index is 0.222. The molecule has 0 unspecified atom stereocenters. The first-order valence-corrected chi connectivity index (χ1v) is 21.0. The lowest BCUT2D eigenvalue weighted by Gasteiger charge is -2.22. The van der Waals surface area contributed by atoms with Gasteiger partial charge in [0.15, 0.2) is 0 Å². The van der Waals surface area contributed by atoms with Crippen molar-refractivity contribution in [2.75, 3.05) is 0 Å². The highest BCUT2D eigenvalue weighted by Gasteiger charge is 2.40. The van der Waals surface area contributed by atoms with E-state index < -0.39 is 0 Å². The van der Waals surface area contributed by atoms with E-state index in [4.69, 9.17) is 4.42 Å². The van der Waals surface area contributed by atoms with E-state index in [1.165, 1.54) is 120 Å². The first kappa shape index (κ1) is 33.5. The Balaban J connectivity index is 0.963. The molecule has 0 fully saturated rings. The Morgan fingerprint density at radius 2 is 0.867 bits per heavy atom. The highest BCUT2D eigenvalue weighted by molar-refractivity contribution is 6.26. The van der Waals surface area contributed by atoms with E-state index in [9.17, 15) is 0 Å². The number of hydrogen-bond acceptors (Lipinski definition) is 1. The Hall–Kier alpha value is -7.48. The van der Waals surface area contributed by atoms with Crippen molar-refractivity contribution >= 4 is 75.8 Å². The molecule has 1 aliphatic rings. The Kier molecular flexibility index (Phi) is 6.85. The number of furan rings is 1. The summed E-state index contributed by atoms with van der Waals surface area (Å²) in [6, 6.07) is 71.8. The van der Waals surface area contributed by atoms with Gasteiger partial charge < -0.3 is 4.42 Å². The molecule has 1 nitrogen and oxygen atoms in total. The predicted octanol–water partition coefficient (Wildman–Crippen LogP) is 16.7. The summed E-state index contributed by atoms with van der Waals surface area (Å²) in [5, 5.41) is 15.0. The van der Waals surface area contributed by atoms with Crippen LogP contribution in [0.25, 0.3) is 120 Å². The molecular weight excluding hydrogens is 725 g/mol. The molecule has 13 rings (SSSR count). The Morgan fingerprint density at radius 3 is 1.58 bits per heavy atom. The van der Waals surface area contributed by atoms with Crippen LogP contribution < -0.4 is 0 Å². The third kappa shape index (κ3) is 4.58. The molecule has 12 aromatic rings. The molecule has 0 N–H and O–H groups in total. The average Bonchev–Trinajstić information content (AvgIpc) is 3.80. The largest absolute Gasteiger partial charge is 0.456 e. The van der Waals surface area contributed by atoms with Crippen LogP contribution in [0.2, 0.25) is 0 Å². The zero-order chi connectivity index (χ0) is 39.7. The monoisotopic (exact) mass is 762 g/mol. The first-order valence-electron chi connectivity index (χ1n) is 21.0. The second-order valence-electron chi connectivity index (χ2n) is 17.1. The second kappa shape index (κ2) is 12.3. The van der Waals surface area contributed by atoms with Gasteiger partial charge in [0.05, 0.1) is 0 Å². The van der Waals surface area contributed by atoms with Crippen LogP contribution >= 0.6 is 0 Å². The molecule has 0 saturated heterocycles. The third-order valence-electron chi connectivity index (χ3n) is 13.6. The fourth-order valence-corrected chi connectivity index (χ4v) is 10.9. The van der Waals surface area contributed by atoms with Crippen LogP contribution in [0.5, 0.6) is 0 Å². The zero-order valence-corrected chi connectivity index (χ0v) is 33.4. The molecule has 280 valence electrons. The average molecular weight is 763 g/mol. The van der Waals surface area contributed by atoms with Crippen LogP contribution in [-0.2, 0) is 5.41 Å². The van der Waals surface area contributed by atoms with Crippen molar-refractivity contribution in [1.29, 1.82) is 0 Å². The highest BCUT2D eigenvalue weighted by Crippen LogP contribution is 2.56. The van der Waals surface area contributed by atoms with E-state index in [2.05, 4.69) is 208 Å². The molecule has 0 saturated carbocycles. The molecule has 0 spiro atoms. The van der Waals surface area contributed by atoms with Gasteiger partial charge in [0.25, 0.3) is 0 Å². The molecule has 0 radical (unpaired) electrons. The predicted molar refractivity (Wildman–Crippen MR) is 255 cm³/mol. The summed E-state index contributed by atoms with van der Waals surface area (Å²) in [4.78, 5) is 0. The number of fused-ring (bicyclic) bond motifs is 14. The van der Waals surface area contributed by atoms with Crippen molar-refractivity contribution < 1.29 is 4.42 Å². The third-order valence-corrected chi connectivity index (χ3v) is 13.6. The van der Waals surface area contributed by atoms with Crippen LogP contribution in [0.4, 0.5) is 0 Å². The van der Waals surface area contributed by atoms with Crippen molar-refractivity contribution in [3.63, 3.8) is 0 Å². The van der Waals surface area contributed by atoms with E-state index >= 15 is 0 Å². The number of benzene rings is 11. The Bertz CT molecular complexity index is 3740. The smallest absolute Gasteiger partial charge is 0.140 e. The van der Waals surface area contributed by atoms with Crippen LogP contribution in [-0.4, -0.2) is 0 Å². The summed E-state index contributed by atoms with van der Waals surface area (Å²) >= 11 is 0. The maximum atomic E-state index is 6.76. The van der Waals surface area contributed by atoms with Crippen molar-refractivity contribution in [2.45, 2.75) is 19.3 Å². The minimum Gasteiger partial charge on any atom is -0.456 e. The van der Waals surface area contributed by atoms with Gasteiger partial charge in [0, 0.05) is 21.8 Å². The molecule has 60 heavy (non-hydrogen) atoms. The Morgan fingerprint density at radius 1 is 0.350 bits per heavy atom. The van der Waals surface area contributed by atoms with Gasteiger partial charge in [-0.05, 0) is 128 Å². The van der Waals surface area contributed by atoms with Crippen molar-refractivity contribution in [2.24, 2.45) is 0 Å². The lowest BCUT2D eigenvalue weighted by atomic mass is 9.80. The molecule has 0 bridgehead atoms. The van der Waals surface area contributed by atoms with Crippen molar-refractivity contribution in [1.82, 2.24) is 0 Å². The first-order chi connectivity index (χ1) is 29.5. The quantitative estimate of drug-likeness (QED) is 0.163. The molecule has 0 amide bonds. The molecule has 1 aliphatic carbocycles. The van der Waals surface area contributed by atoms with E-state index in [-0.39, 0.29) is 5.41 Å². The standard InChI is InChI=1S/C59H38O/c1-59(2)51-31-30-39(34-50(51)55-47-21-9-10-22-48(47)56-49-23-11-12-25-52(49)60-58(56)57(55)59)37-26-27-38-33-40(29-28-36(38)32-37)53-43-17-5-7-19-45(43)54(46-20-8-6-18-44(46)53)42-24-13-15-35-14-3-4-16-41(35)42/h3-34H,1-2H3. The normalized spacial score (nSPS) is 13.3. The molecule has 0 atom stereocenters. The van der Waals surface area contributed by atoms with Crippen LogP contribution in [0.3, 0.4) is 0 Å². The minimum atomic E-state index is -0.222. The van der Waals surface area contributed by atoms with Gasteiger partial charge in [-0.3, -0.25) is 0 Å². The topological polar surface area (TPSA) is 13.1 Å². The lowest BCUT2D eigenvalue weighted by molar-refractivity contribution is 0.620. The summed E-state index contributed by atoms with van der Waals surface area (Å²) in [6.45, 7) is 4.71. The molecular formula is C59H38O. The maximum Gasteiger partial charge on any atom is 0.140 e. The fourth-order valence-electron chi connectivity index (χ4n) is 10.9. The lowest BCUT2D eigenvalue weighted by Crippen LogP contribution is -2.15. The summed E-state index contributed by atoms with van der Waals surface area (Å²) in [7, 11) is 0. The van der Waals surface area contributed by atoms with E-state index in [1.807, 2.05) is 0 Å². The number of hydrogen-bond donors (Lipinski definition) is 0. The summed E-state index contributed by atoms with van der Waals surface area (Å²) < 4.78 is 6.76. The SMILES string of the molecule is CC1(C)c2ccc(-c3ccc4cc(-c5c6ccccc6c(-c6cccc7ccccc67)c6ccccc56)ccc4c3)cc2-c2c1c1oc3ccccc3c1c1ccccc21. The maximum absolute atomic E-state index is 6.76. The van der Waals surface area contributed by atoms with Crippen LogP contribution in [0.1, 0.15) is 25.0 Å². The van der Waals surface area contributed by atoms with Crippen LogP contribution in [0.15, 0.2) is 199 Å². The summed E-state index contributed by atoms with van der Waals surface area (Å²) in [5.74, 6) is 0. The van der Waals surface area contributed by atoms with Crippen molar-refractivity contribution in [3.05, 3.63) is 205 Å². The van der Waals surface area contributed by atoms with Gasteiger partial charge in [-0.2, -0.15) is 0 Å². The molecule has 1 aromatic heterocycles. The molecule has 1 heterocycles. The van der Waals surface area contributed by atoms with Gasteiger partial charge >= 0.3 is 0 Å². The fraction of sp³-hybridized carbons (Fsp3) is 0.0508. The number of para-hydroxylation sites is 1. The van der Waals surface area contributed by atoms with Gasteiger partial charge in [0.2, 0.25) is 0 Å². The van der Waals surface area contributed by atoms with Gasteiger partial charge in [-0.1, -0.05) is 184 Å². The van der Waals surface area contributed by atoms with Gasteiger partial charge in [-0.25, -0.2) is 0 Å². The van der Waals surface area contributed by atoms with Gasteiger partial charge in [0.1, 0.15) is 11.2 Å². The highest BCUT2D eigenvalue weighted by atomic mass is 16.3. The molecule has 11 aromatic carbocycles. The van der Waals surface area contributed by atoms with Gasteiger partial charge in [-0.15, -0.1) is 0 Å². The molecule has 1 heteroatoms. The number of rotatable bonds is 3. The summed E-state index contributed by atoms with van der Waals surface area (Å²) in [5.41, 5.74) is 14.5. The summed E-state index contributed by atoms with van der Waals surface area (Å²) in [6.07, 6.45) is 0. The Labute approximate surface area is 347 Å². The van der Waals surface area contributed by atoms with E-state index in [0.717, 1.165) is 11.2 Å². The zero-order valence-electron chi connectivity index (χ0n) is 33.4. The van der Waals surface area contributed by atoms with E-state index in [0.29, 0.717) is 0 Å². The van der Waals surface area contributed by atoms with Crippen LogP contribution in [0, 0.1) is 0 Å².